The summed E-state index contributed by atoms with van der Waals surface area (Å²) in [7, 11) is 3.22. The lowest BCUT2D eigenvalue weighted by molar-refractivity contribution is 0.287. The molecule has 1 atom stereocenters. The number of methoxy groups -OCH3 is 2. The van der Waals surface area contributed by atoms with Gasteiger partial charge in [0, 0.05) is 0 Å². The number of benzene rings is 2. The SMILES string of the molecule is CCOc1ccc(C(N)c2ccc(OC)c(OC)c2)cc1OCC. The Morgan fingerprint density at radius 1 is 0.750 bits per heavy atom. The third-order valence-electron chi connectivity index (χ3n) is 3.69. The number of nitrogens with two attached hydrogens (primary N) is 1. The molecule has 0 radical (unpaired) electrons. The van der Waals surface area contributed by atoms with Crippen molar-refractivity contribution in [3.63, 3.8) is 0 Å². The Labute approximate surface area is 143 Å². The van der Waals surface area contributed by atoms with E-state index >= 15 is 0 Å². The molecule has 130 valence electrons. The number of rotatable bonds is 8. The van der Waals surface area contributed by atoms with Crippen molar-refractivity contribution in [1.29, 1.82) is 0 Å². The maximum atomic E-state index is 6.43. The predicted molar refractivity (Wildman–Crippen MR) is 94.4 cm³/mol. The molecular formula is C19H25NO4. The maximum absolute atomic E-state index is 6.43. The lowest BCUT2D eigenvalue weighted by atomic mass is 9.98. The lowest BCUT2D eigenvalue weighted by Gasteiger charge is -2.18. The quantitative estimate of drug-likeness (QED) is 0.801. The Kier molecular flexibility index (Phi) is 6.32. The van der Waals surface area contributed by atoms with Crippen LogP contribution in [0.25, 0.3) is 0 Å². The smallest absolute Gasteiger partial charge is 0.161 e. The van der Waals surface area contributed by atoms with Crippen LogP contribution in [0.1, 0.15) is 31.0 Å². The Morgan fingerprint density at radius 2 is 1.25 bits per heavy atom. The molecule has 0 aliphatic rings. The summed E-state index contributed by atoms with van der Waals surface area (Å²) < 4.78 is 21.9. The first-order chi connectivity index (χ1) is 11.6. The molecular weight excluding hydrogens is 306 g/mol. The van der Waals surface area contributed by atoms with Crippen LogP contribution in [-0.2, 0) is 0 Å². The van der Waals surface area contributed by atoms with E-state index in [1.165, 1.54) is 0 Å². The van der Waals surface area contributed by atoms with E-state index in [-0.39, 0.29) is 6.04 Å². The van der Waals surface area contributed by atoms with Crippen molar-refractivity contribution in [3.8, 4) is 23.0 Å². The monoisotopic (exact) mass is 331 g/mol. The van der Waals surface area contributed by atoms with E-state index in [9.17, 15) is 0 Å². The topological polar surface area (TPSA) is 62.9 Å². The van der Waals surface area contributed by atoms with Crippen LogP contribution < -0.4 is 24.7 Å². The predicted octanol–water partition coefficient (Wildman–Crippen LogP) is 3.55. The second-order valence-corrected chi connectivity index (χ2v) is 5.16. The van der Waals surface area contributed by atoms with Crippen molar-refractivity contribution in [2.45, 2.75) is 19.9 Å². The van der Waals surface area contributed by atoms with Crippen molar-refractivity contribution in [2.75, 3.05) is 27.4 Å². The maximum Gasteiger partial charge on any atom is 0.161 e. The largest absolute Gasteiger partial charge is 0.493 e. The van der Waals surface area contributed by atoms with E-state index in [0.717, 1.165) is 16.9 Å². The second-order valence-electron chi connectivity index (χ2n) is 5.16. The molecule has 2 aromatic rings. The van der Waals surface area contributed by atoms with E-state index in [1.807, 2.05) is 50.2 Å². The van der Waals surface area contributed by atoms with Gasteiger partial charge in [0.25, 0.3) is 0 Å². The molecule has 0 spiro atoms. The van der Waals surface area contributed by atoms with E-state index in [2.05, 4.69) is 0 Å². The van der Waals surface area contributed by atoms with Gasteiger partial charge in [-0.3, -0.25) is 0 Å². The van der Waals surface area contributed by atoms with Gasteiger partial charge in [0.1, 0.15) is 0 Å². The molecule has 2 rings (SSSR count). The Bertz CT molecular complexity index is 672. The van der Waals surface area contributed by atoms with Crippen molar-refractivity contribution >= 4 is 0 Å². The Morgan fingerprint density at radius 3 is 1.79 bits per heavy atom. The summed E-state index contributed by atoms with van der Waals surface area (Å²) in [4.78, 5) is 0. The summed E-state index contributed by atoms with van der Waals surface area (Å²) in [6.07, 6.45) is 0. The van der Waals surface area contributed by atoms with Crippen molar-refractivity contribution in [1.82, 2.24) is 0 Å². The third-order valence-corrected chi connectivity index (χ3v) is 3.69. The summed E-state index contributed by atoms with van der Waals surface area (Å²) in [5.74, 6) is 2.76. The molecule has 0 aliphatic carbocycles. The highest BCUT2D eigenvalue weighted by molar-refractivity contribution is 5.49. The van der Waals surface area contributed by atoms with Crippen LogP contribution in [0.15, 0.2) is 36.4 Å². The molecule has 0 saturated heterocycles. The Balaban J connectivity index is 2.35. The van der Waals surface area contributed by atoms with Crippen LogP contribution in [-0.4, -0.2) is 27.4 Å². The molecule has 0 saturated carbocycles. The van der Waals surface area contributed by atoms with Crippen molar-refractivity contribution < 1.29 is 18.9 Å². The van der Waals surface area contributed by atoms with Gasteiger partial charge in [0.15, 0.2) is 23.0 Å². The van der Waals surface area contributed by atoms with E-state index in [4.69, 9.17) is 24.7 Å². The lowest BCUT2D eigenvalue weighted by Crippen LogP contribution is -2.12. The van der Waals surface area contributed by atoms with E-state index in [0.29, 0.717) is 30.5 Å². The molecule has 5 nitrogen and oxygen atoms in total. The van der Waals surface area contributed by atoms with Gasteiger partial charge in [0.2, 0.25) is 0 Å². The van der Waals surface area contributed by atoms with Gasteiger partial charge < -0.3 is 24.7 Å². The summed E-state index contributed by atoms with van der Waals surface area (Å²) in [6, 6.07) is 11.1. The number of ether oxygens (including phenoxy) is 4. The van der Waals surface area contributed by atoms with Gasteiger partial charge in [-0.05, 0) is 49.2 Å². The molecule has 5 heteroatoms. The fourth-order valence-electron chi connectivity index (χ4n) is 2.50. The van der Waals surface area contributed by atoms with Crippen LogP contribution in [0.5, 0.6) is 23.0 Å². The van der Waals surface area contributed by atoms with Crippen LogP contribution in [0.2, 0.25) is 0 Å². The highest BCUT2D eigenvalue weighted by Gasteiger charge is 2.15. The molecule has 0 fully saturated rings. The average Bonchev–Trinajstić information content (AvgIpc) is 2.62. The summed E-state index contributed by atoms with van der Waals surface area (Å²) in [6.45, 7) is 5.03. The van der Waals surface area contributed by atoms with E-state index in [1.54, 1.807) is 14.2 Å². The minimum atomic E-state index is -0.306. The summed E-state index contributed by atoms with van der Waals surface area (Å²) in [5.41, 5.74) is 8.30. The first-order valence-electron chi connectivity index (χ1n) is 8.01. The minimum Gasteiger partial charge on any atom is -0.493 e. The van der Waals surface area contributed by atoms with Gasteiger partial charge >= 0.3 is 0 Å². The molecule has 0 heterocycles. The summed E-state index contributed by atoms with van der Waals surface area (Å²) in [5, 5.41) is 0. The van der Waals surface area contributed by atoms with Crippen LogP contribution in [0.4, 0.5) is 0 Å². The number of hydrogen-bond donors (Lipinski definition) is 1. The zero-order chi connectivity index (χ0) is 17.5. The fraction of sp³-hybridized carbons (Fsp3) is 0.368. The van der Waals surface area contributed by atoms with Crippen LogP contribution in [0.3, 0.4) is 0 Å². The first kappa shape index (κ1) is 17.9. The number of hydrogen-bond acceptors (Lipinski definition) is 5. The van der Waals surface area contributed by atoms with Crippen LogP contribution in [0, 0.1) is 0 Å². The zero-order valence-electron chi connectivity index (χ0n) is 14.7. The third kappa shape index (κ3) is 3.92. The molecule has 0 bridgehead atoms. The molecule has 0 amide bonds. The molecule has 0 aliphatic heterocycles. The zero-order valence-corrected chi connectivity index (χ0v) is 14.7. The van der Waals surface area contributed by atoms with E-state index < -0.39 is 0 Å². The molecule has 2 aromatic carbocycles. The second kappa shape index (κ2) is 8.45. The fourth-order valence-corrected chi connectivity index (χ4v) is 2.50. The van der Waals surface area contributed by atoms with Gasteiger partial charge in [-0.2, -0.15) is 0 Å². The molecule has 0 aromatic heterocycles. The van der Waals surface area contributed by atoms with Gasteiger partial charge in [0.05, 0.1) is 33.5 Å². The molecule has 24 heavy (non-hydrogen) atoms. The van der Waals surface area contributed by atoms with Gasteiger partial charge in [-0.1, -0.05) is 12.1 Å². The first-order valence-corrected chi connectivity index (χ1v) is 8.01. The minimum absolute atomic E-state index is 0.306. The van der Waals surface area contributed by atoms with Gasteiger partial charge in [-0.25, -0.2) is 0 Å². The van der Waals surface area contributed by atoms with Crippen molar-refractivity contribution in [3.05, 3.63) is 47.5 Å². The normalized spacial score (nSPS) is 11.7. The highest BCUT2D eigenvalue weighted by atomic mass is 16.5. The summed E-state index contributed by atoms with van der Waals surface area (Å²) >= 11 is 0. The Hall–Kier alpha value is -2.40. The van der Waals surface area contributed by atoms with Crippen LogP contribution >= 0.6 is 0 Å². The van der Waals surface area contributed by atoms with Crippen molar-refractivity contribution in [2.24, 2.45) is 5.73 Å². The average molecular weight is 331 g/mol. The molecule has 1 unspecified atom stereocenters. The highest BCUT2D eigenvalue weighted by Crippen LogP contribution is 2.34. The standard InChI is InChI=1S/C19H25NO4/c1-5-23-16-10-8-14(12-18(16)24-6-2)19(20)13-7-9-15(21-3)17(11-13)22-4/h7-12,19H,5-6,20H2,1-4H3. The van der Waals surface area contributed by atoms with Gasteiger partial charge in [-0.15, -0.1) is 0 Å². The molecule has 2 N–H and O–H groups in total.